The standard InChI is InChI=1S/C15H12N2O4S/c18-14(8-7-13-2-1-9-22-13)11-3-5-12(6-4-11)17(16-21)10-15(19)20/h1-9H,10H2,(H,19,20)/b8-7+. The molecule has 6 nitrogen and oxygen atoms in total. The van der Waals surface area contributed by atoms with Crippen LogP contribution in [0.2, 0.25) is 0 Å². The number of ketones is 1. The second kappa shape index (κ2) is 7.28. The summed E-state index contributed by atoms with van der Waals surface area (Å²) >= 11 is 1.53. The molecular formula is C15H12N2O4S. The largest absolute Gasteiger partial charge is 0.480 e. The molecule has 0 saturated heterocycles. The van der Waals surface area contributed by atoms with Crippen molar-refractivity contribution in [1.29, 1.82) is 0 Å². The molecule has 0 bridgehead atoms. The van der Waals surface area contributed by atoms with Crippen molar-refractivity contribution < 1.29 is 14.7 Å². The van der Waals surface area contributed by atoms with Crippen LogP contribution in [0.15, 0.2) is 53.1 Å². The predicted molar refractivity (Wildman–Crippen MR) is 84.9 cm³/mol. The summed E-state index contributed by atoms with van der Waals surface area (Å²) in [7, 11) is 0. The Labute approximate surface area is 130 Å². The third-order valence-corrected chi connectivity index (χ3v) is 3.61. The van der Waals surface area contributed by atoms with Crippen molar-refractivity contribution in [3.8, 4) is 0 Å². The Hall–Kier alpha value is -2.80. The predicted octanol–water partition coefficient (Wildman–Crippen LogP) is 3.22. The van der Waals surface area contributed by atoms with E-state index < -0.39 is 12.5 Å². The molecule has 0 aliphatic carbocycles. The van der Waals surface area contributed by atoms with E-state index >= 15 is 0 Å². The summed E-state index contributed by atoms with van der Waals surface area (Å²) in [6.07, 6.45) is 3.19. The van der Waals surface area contributed by atoms with Gasteiger partial charge in [0.2, 0.25) is 0 Å². The topological polar surface area (TPSA) is 87.0 Å². The Bertz CT molecular complexity index is 693. The van der Waals surface area contributed by atoms with Gasteiger partial charge in [0.25, 0.3) is 0 Å². The number of anilines is 1. The Morgan fingerprint density at radius 3 is 2.50 bits per heavy atom. The fourth-order valence-electron chi connectivity index (χ4n) is 1.73. The summed E-state index contributed by atoms with van der Waals surface area (Å²) in [5.41, 5.74) is 0.758. The quantitative estimate of drug-likeness (QED) is 0.367. The maximum atomic E-state index is 12.0. The molecule has 1 aromatic carbocycles. The van der Waals surface area contributed by atoms with Crippen molar-refractivity contribution in [2.75, 3.05) is 11.6 Å². The first-order valence-electron chi connectivity index (χ1n) is 6.29. The van der Waals surface area contributed by atoms with Crippen LogP contribution in [0.1, 0.15) is 15.2 Å². The van der Waals surface area contributed by atoms with Crippen LogP contribution in [0, 0.1) is 4.91 Å². The lowest BCUT2D eigenvalue weighted by Gasteiger charge is -2.12. The molecule has 0 saturated carbocycles. The molecule has 7 heteroatoms. The lowest BCUT2D eigenvalue weighted by Crippen LogP contribution is -2.23. The lowest BCUT2D eigenvalue weighted by molar-refractivity contribution is -0.135. The molecule has 0 aliphatic heterocycles. The summed E-state index contributed by atoms with van der Waals surface area (Å²) in [6, 6.07) is 9.81. The van der Waals surface area contributed by atoms with Gasteiger partial charge in [0, 0.05) is 10.4 Å². The monoisotopic (exact) mass is 316 g/mol. The van der Waals surface area contributed by atoms with Crippen LogP contribution >= 0.6 is 11.3 Å². The van der Waals surface area contributed by atoms with E-state index in [0.717, 1.165) is 9.89 Å². The number of aliphatic carboxylic acids is 1. The van der Waals surface area contributed by atoms with Gasteiger partial charge >= 0.3 is 5.97 Å². The molecule has 0 unspecified atom stereocenters. The first kappa shape index (κ1) is 15.6. The number of nitroso groups, excluding NO2 is 1. The average molecular weight is 316 g/mol. The average Bonchev–Trinajstić information content (AvgIpc) is 3.03. The van der Waals surface area contributed by atoms with Crippen LogP contribution in [0.3, 0.4) is 0 Å². The highest BCUT2D eigenvalue weighted by atomic mass is 32.1. The highest BCUT2D eigenvalue weighted by Gasteiger charge is 2.11. The molecule has 0 radical (unpaired) electrons. The van der Waals surface area contributed by atoms with Crippen LogP contribution in [0.4, 0.5) is 5.69 Å². The third-order valence-electron chi connectivity index (χ3n) is 2.78. The van der Waals surface area contributed by atoms with Crippen molar-refractivity contribution in [3.05, 3.63) is 63.2 Å². The number of carbonyl (C=O) groups is 2. The number of carboxylic acid groups (broad SMARTS) is 1. The summed E-state index contributed by atoms with van der Waals surface area (Å²) in [5, 5.41) is 14.0. The van der Waals surface area contributed by atoms with Crippen LogP contribution < -0.4 is 5.01 Å². The van der Waals surface area contributed by atoms with Gasteiger partial charge in [0.1, 0.15) is 6.54 Å². The number of carbonyl (C=O) groups excluding carboxylic acids is 1. The number of allylic oxidation sites excluding steroid dienone is 1. The van der Waals surface area contributed by atoms with Crippen molar-refractivity contribution in [1.82, 2.24) is 0 Å². The van der Waals surface area contributed by atoms with E-state index in [9.17, 15) is 14.5 Å². The van der Waals surface area contributed by atoms with Gasteiger partial charge in [-0.3, -0.25) is 9.59 Å². The van der Waals surface area contributed by atoms with Crippen molar-refractivity contribution >= 4 is 34.9 Å². The minimum atomic E-state index is -1.17. The number of nitrogens with zero attached hydrogens (tertiary/aromatic N) is 2. The van der Waals surface area contributed by atoms with Crippen molar-refractivity contribution in [3.63, 3.8) is 0 Å². The molecule has 0 amide bonds. The summed E-state index contributed by atoms with van der Waals surface area (Å²) in [5.74, 6) is -1.34. The van der Waals surface area contributed by atoms with Gasteiger partial charge in [0.15, 0.2) is 5.78 Å². The number of thiophene rings is 1. The molecule has 1 N–H and O–H groups in total. The maximum Gasteiger partial charge on any atom is 0.325 e. The molecule has 0 aliphatic rings. The molecule has 2 aromatic rings. The van der Waals surface area contributed by atoms with Gasteiger partial charge in [-0.25, -0.2) is 5.01 Å². The number of hydrogen-bond donors (Lipinski definition) is 1. The zero-order chi connectivity index (χ0) is 15.9. The van der Waals surface area contributed by atoms with E-state index in [-0.39, 0.29) is 5.78 Å². The molecule has 0 spiro atoms. The van der Waals surface area contributed by atoms with Gasteiger partial charge in [-0.1, -0.05) is 6.07 Å². The molecule has 0 atom stereocenters. The fourth-order valence-corrected chi connectivity index (χ4v) is 2.35. The smallest absolute Gasteiger partial charge is 0.325 e. The second-order valence-corrected chi connectivity index (χ2v) is 5.27. The van der Waals surface area contributed by atoms with Gasteiger partial charge < -0.3 is 5.11 Å². The van der Waals surface area contributed by atoms with Crippen LogP contribution in [0.25, 0.3) is 6.08 Å². The van der Waals surface area contributed by atoms with Crippen molar-refractivity contribution in [2.45, 2.75) is 0 Å². The van der Waals surface area contributed by atoms with E-state index in [1.54, 1.807) is 6.08 Å². The van der Waals surface area contributed by atoms with E-state index in [2.05, 4.69) is 5.29 Å². The minimum Gasteiger partial charge on any atom is -0.480 e. The number of rotatable bonds is 7. The molecular weight excluding hydrogens is 304 g/mol. The van der Waals surface area contributed by atoms with Gasteiger partial charge in [0.05, 0.1) is 11.0 Å². The van der Waals surface area contributed by atoms with Gasteiger partial charge in [-0.05, 0) is 47.9 Å². The van der Waals surface area contributed by atoms with E-state index in [4.69, 9.17) is 5.11 Å². The zero-order valence-electron chi connectivity index (χ0n) is 11.4. The number of carboxylic acids is 1. The molecule has 1 aromatic heterocycles. The Morgan fingerprint density at radius 1 is 1.23 bits per heavy atom. The Kier molecular flexibility index (Phi) is 5.16. The Morgan fingerprint density at radius 2 is 1.95 bits per heavy atom. The zero-order valence-corrected chi connectivity index (χ0v) is 12.2. The normalized spacial score (nSPS) is 10.5. The third kappa shape index (κ3) is 4.10. The van der Waals surface area contributed by atoms with Crippen LogP contribution in [0.5, 0.6) is 0 Å². The number of benzene rings is 1. The lowest BCUT2D eigenvalue weighted by atomic mass is 10.1. The van der Waals surface area contributed by atoms with E-state index in [1.165, 1.54) is 41.7 Å². The first-order chi connectivity index (χ1) is 10.6. The second-order valence-electron chi connectivity index (χ2n) is 4.29. The van der Waals surface area contributed by atoms with E-state index in [0.29, 0.717) is 11.3 Å². The highest BCUT2D eigenvalue weighted by molar-refractivity contribution is 7.10. The SMILES string of the molecule is O=NN(CC(=O)O)c1ccc(C(=O)/C=C/c2cccs2)cc1. The van der Waals surface area contributed by atoms with Crippen LogP contribution in [-0.4, -0.2) is 23.4 Å². The first-order valence-corrected chi connectivity index (χ1v) is 7.16. The van der Waals surface area contributed by atoms with Gasteiger partial charge in [-0.15, -0.1) is 16.2 Å². The molecule has 112 valence electrons. The van der Waals surface area contributed by atoms with Crippen molar-refractivity contribution in [2.24, 2.45) is 5.29 Å². The minimum absolute atomic E-state index is 0.177. The summed E-state index contributed by atoms with van der Waals surface area (Å²) < 4.78 is 0. The number of hydrogen-bond acceptors (Lipinski definition) is 5. The fraction of sp³-hybridized carbons (Fsp3) is 0.0667. The van der Waals surface area contributed by atoms with Gasteiger partial charge in [-0.2, -0.15) is 0 Å². The van der Waals surface area contributed by atoms with E-state index in [1.807, 2.05) is 17.5 Å². The highest BCUT2D eigenvalue weighted by Crippen LogP contribution is 2.17. The molecule has 2 rings (SSSR count). The molecule has 1 heterocycles. The Balaban J connectivity index is 2.09. The molecule has 22 heavy (non-hydrogen) atoms. The summed E-state index contributed by atoms with van der Waals surface area (Å²) in [4.78, 5) is 34.2. The maximum absolute atomic E-state index is 12.0. The molecule has 0 fully saturated rings. The van der Waals surface area contributed by atoms with Crippen LogP contribution in [-0.2, 0) is 4.79 Å². The summed E-state index contributed by atoms with van der Waals surface area (Å²) in [6.45, 7) is -0.533.